The van der Waals surface area contributed by atoms with E-state index < -0.39 is 0 Å². The van der Waals surface area contributed by atoms with Gasteiger partial charge in [-0.1, -0.05) is 68.4 Å². The van der Waals surface area contributed by atoms with E-state index in [9.17, 15) is 4.79 Å². The molecule has 1 N–H and O–H groups in total. The Kier molecular flexibility index (Phi) is 6.76. The minimum absolute atomic E-state index is 0.113. The zero-order valence-corrected chi connectivity index (χ0v) is 17.7. The van der Waals surface area contributed by atoms with E-state index in [1.807, 2.05) is 44.2 Å². The first-order chi connectivity index (χ1) is 14.0. The van der Waals surface area contributed by atoms with Gasteiger partial charge in [0.05, 0.1) is 17.0 Å². The van der Waals surface area contributed by atoms with Crippen molar-refractivity contribution in [2.45, 2.75) is 46.5 Å². The molecule has 0 spiro atoms. The standard InChI is InChI=1S/C25H29N3O/c1-17(2)21-12-14-22(15-13-21)24-23(18(3)27-19(4)28-24)25(29)26-16-8-11-20-9-6-5-7-10-20/h5-7,9-10,12-15,17H,8,11,16H2,1-4H3,(H,26,29). The number of amides is 1. The maximum absolute atomic E-state index is 13.0. The number of carbonyl (C=O) groups is 1. The maximum Gasteiger partial charge on any atom is 0.255 e. The summed E-state index contributed by atoms with van der Waals surface area (Å²) in [6.45, 7) is 8.69. The fourth-order valence-electron chi connectivity index (χ4n) is 3.45. The molecule has 1 amide bonds. The molecule has 3 aromatic rings. The summed E-state index contributed by atoms with van der Waals surface area (Å²) < 4.78 is 0. The van der Waals surface area contributed by atoms with Gasteiger partial charge in [-0.05, 0) is 43.7 Å². The first-order valence-corrected chi connectivity index (χ1v) is 10.2. The smallest absolute Gasteiger partial charge is 0.255 e. The van der Waals surface area contributed by atoms with Gasteiger partial charge in [-0.15, -0.1) is 0 Å². The first-order valence-electron chi connectivity index (χ1n) is 10.2. The van der Waals surface area contributed by atoms with Crippen LogP contribution in [0.25, 0.3) is 11.3 Å². The van der Waals surface area contributed by atoms with Crippen LogP contribution in [0.3, 0.4) is 0 Å². The molecule has 4 nitrogen and oxygen atoms in total. The number of hydrogen-bond acceptors (Lipinski definition) is 3. The van der Waals surface area contributed by atoms with E-state index >= 15 is 0 Å². The highest BCUT2D eigenvalue weighted by Crippen LogP contribution is 2.26. The van der Waals surface area contributed by atoms with Crippen LogP contribution < -0.4 is 5.32 Å². The summed E-state index contributed by atoms with van der Waals surface area (Å²) in [6.07, 6.45) is 1.83. The fourth-order valence-corrected chi connectivity index (χ4v) is 3.45. The van der Waals surface area contributed by atoms with Crippen molar-refractivity contribution in [2.75, 3.05) is 6.54 Å². The Labute approximate surface area is 173 Å². The molecule has 0 unspecified atom stereocenters. The average molecular weight is 388 g/mol. The number of aromatic nitrogens is 2. The molecule has 29 heavy (non-hydrogen) atoms. The predicted octanol–water partition coefficient (Wildman–Crippen LogP) is 5.25. The zero-order chi connectivity index (χ0) is 20.8. The van der Waals surface area contributed by atoms with Crippen LogP contribution in [0.1, 0.15) is 59.2 Å². The Morgan fingerprint density at radius 3 is 2.31 bits per heavy atom. The molecule has 2 aromatic carbocycles. The molecule has 1 heterocycles. The second-order valence-corrected chi connectivity index (χ2v) is 7.70. The molecule has 3 rings (SSSR count). The summed E-state index contributed by atoms with van der Waals surface area (Å²) >= 11 is 0. The average Bonchev–Trinajstić information content (AvgIpc) is 2.71. The second-order valence-electron chi connectivity index (χ2n) is 7.70. The Morgan fingerprint density at radius 1 is 0.966 bits per heavy atom. The van der Waals surface area contributed by atoms with Crippen molar-refractivity contribution >= 4 is 5.91 Å². The predicted molar refractivity (Wildman–Crippen MR) is 118 cm³/mol. The van der Waals surface area contributed by atoms with Gasteiger partial charge in [0.15, 0.2) is 0 Å². The van der Waals surface area contributed by atoms with Gasteiger partial charge in [0.25, 0.3) is 5.91 Å². The van der Waals surface area contributed by atoms with Crippen molar-refractivity contribution in [1.29, 1.82) is 0 Å². The van der Waals surface area contributed by atoms with E-state index in [1.54, 1.807) is 0 Å². The van der Waals surface area contributed by atoms with E-state index in [-0.39, 0.29) is 5.91 Å². The van der Waals surface area contributed by atoms with Gasteiger partial charge in [-0.2, -0.15) is 0 Å². The van der Waals surface area contributed by atoms with Gasteiger partial charge < -0.3 is 5.32 Å². The van der Waals surface area contributed by atoms with Gasteiger partial charge in [-0.3, -0.25) is 4.79 Å². The SMILES string of the molecule is Cc1nc(C)c(C(=O)NCCCc2ccccc2)c(-c2ccc(C(C)C)cc2)n1. The van der Waals surface area contributed by atoms with E-state index in [0.717, 1.165) is 18.4 Å². The minimum Gasteiger partial charge on any atom is -0.352 e. The molecule has 0 bridgehead atoms. The van der Waals surface area contributed by atoms with E-state index in [0.29, 0.717) is 35.2 Å². The van der Waals surface area contributed by atoms with Crippen molar-refractivity contribution in [3.05, 3.63) is 82.8 Å². The van der Waals surface area contributed by atoms with Crippen LogP contribution in [0.4, 0.5) is 0 Å². The molecule has 0 aliphatic heterocycles. The van der Waals surface area contributed by atoms with Crippen LogP contribution in [-0.2, 0) is 6.42 Å². The van der Waals surface area contributed by atoms with Crippen LogP contribution in [0.15, 0.2) is 54.6 Å². The van der Waals surface area contributed by atoms with Crippen molar-refractivity contribution in [3.63, 3.8) is 0 Å². The Hall–Kier alpha value is -3.01. The number of aryl methyl sites for hydroxylation is 3. The van der Waals surface area contributed by atoms with Crippen LogP contribution in [0, 0.1) is 13.8 Å². The van der Waals surface area contributed by atoms with Gasteiger partial charge in [0.2, 0.25) is 0 Å². The lowest BCUT2D eigenvalue weighted by Gasteiger charge is -2.14. The summed E-state index contributed by atoms with van der Waals surface area (Å²) in [5, 5.41) is 3.05. The van der Waals surface area contributed by atoms with Crippen LogP contribution >= 0.6 is 0 Å². The highest BCUT2D eigenvalue weighted by Gasteiger charge is 2.19. The molecule has 0 aliphatic carbocycles. The third kappa shape index (κ3) is 5.29. The molecule has 0 radical (unpaired) electrons. The summed E-state index contributed by atoms with van der Waals surface area (Å²) in [4.78, 5) is 22.0. The molecule has 0 fully saturated rings. The van der Waals surface area contributed by atoms with Crippen LogP contribution in [0.2, 0.25) is 0 Å². The molecule has 150 valence electrons. The molecular formula is C25H29N3O. The van der Waals surface area contributed by atoms with Crippen molar-refractivity contribution < 1.29 is 4.79 Å². The van der Waals surface area contributed by atoms with E-state index in [2.05, 4.69) is 53.4 Å². The Morgan fingerprint density at radius 2 is 1.66 bits per heavy atom. The normalized spacial score (nSPS) is 10.9. The molecule has 1 aromatic heterocycles. The summed E-state index contributed by atoms with van der Waals surface area (Å²) in [5.41, 5.74) is 5.46. The van der Waals surface area contributed by atoms with Gasteiger partial charge >= 0.3 is 0 Å². The maximum atomic E-state index is 13.0. The third-order valence-electron chi connectivity index (χ3n) is 5.05. The van der Waals surface area contributed by atoms with Crippen LogP contribution in [0.5, 0.6) is 0 Å². The molecule has 4 heteroatoms. The minimum atomic E-state index is -0.113. The number of hydrogen-bond donors (Lipinski definition) is 1. The quantitative estimate of drug-likeness (QED) is 0.564. The lowest BCUT2D eigenvalue weighted by atomic mass is 9.98. The third-order valence-corrected chi connectivity index (χ3v) is 5.05. The van der Waals surface area contributed by atoms with Crippen molar-refractivity contribution in [1.82, 2.24) is 15.3 Å². The van der Waals surface area contributed by atoms with E-state index in [4.69, 9.17) is 0 Å². The second kappa shape index (κ2) is 9.46. The molecular weight excluding hydrogens is 358 g/mol. The summed E-state index contributed by atoms with van der Waals surface area (Å²) in [5.74, 6) is 1.02. The Balaban J connectivity index is 1.76. The van der Waals surface area contributed by atoms with Gasteiger partial charge in [0, 0.05) is 12.1 Å². The molecule has 0 atom stereocenters. The van der Waals surface area contributed by atoms with E-state index in [1.165, 1.54) is 11.1 Å². The lowest BCUT2D eigenvalue weighted by Crippen LogP contribution is -2.27. The number of benzene rings is 2. The topological polar surface area (TPSA) is 54.9 Å². The monoisotopic (exact) mass is 387 g/mol. The summed E-state index contributed by atoms with van der Waals surface area (Å²) in [6, 6.07) is 18.6. The number of nitrogens with zero attached hydrogens (tertiary/aromatic N) is 2. The van der Waals surface area contributed by atoms with Crippen molar-refractivity contribution in [3.8, 4) is 11.3 Å². The van der Waals surface area contributed by atoms with Gasteiger partial charge in [0.1, 0.15) is 5.82 Å². The first kappa shape index (κ1) is 20.7. The van der Waals surface area contributed by atoms with Gasteiger partial charge in [-0.25, -0.2) is 9.97 Å². The zero-order valence-electron chi connectivity index (χ0n) is 17.7. The number of carbonyl (C=O) groups excluding carboxylic acids is 1. The highest BCUT2D eigenvalue weighted by molar-refractivity contribution is 6.00. The van der Waals surface area contributed by atoms with Crippen molar-refractivity contribution in [2.24, 2.45) is 0 Å². The Bertz CT molecular complexity index is 963. The fraction of sp³-hybridized carbons (Fsp3) is 0.320. The summed E-state index contributed by atoms with van der Waals surface area (Å²) in [7, 11) is 0. The number of nitrogens with one attached hydrogen (secondary N) is 1. The largest absolute Gasteiger partial charge is 0.352 e. The molecule has 0 saturated carbocycles. The molecule has 0 aliphatic rings. The lowest BCUT2D eigenvalue weighted by molar-refractivity contribution is 0.0952. The van der Waals surface area contributed by atoms with Crippen LogP contribution in [-0.4, -0.2) is 22.4 Å². The molecule has 0 saturated heterocycles. The number of rotatable bonds is 7. The highest BCUT2D eigenvalue weighted by atomic mass is 16.1.